The van der Waals surface area contributed by atoms with Crippen LogP contribution in [0.1, 0.15) is 26.7 Å². The summed E-state index contributed by atoms with van der Waals surface area (Å²) in [6, 6.07) is 7.26. The van der Waals surface area contributed by atoms with Gasteiger partial charge in [-0.2, -0.15) is 4.98 Å². The lowest BCUT2D eigenvalue weighted by molar-refractivity contribution is -0.0630. The van der Waals surface area contributed by atoms with Crippen molar-refractivity contribution in [2.45, 2.75) is 43.8 Å². The van der Waals surface area contributed by atoms with Gasteiger partial charge in [-0.25, -0.2) is 4.79 Å². The van der Waals surface area contributed by atoms with Crippen LogP contribution in [0.25, 0.3) is 11.4 Å². The van der Waals surface area contributed by atoms with E-state index in [-0.39, 0.29) is 12.2 Å². The molecule has 1 atom stereocenters. The third-order valence-electron chi connectivity index (χ3n) is 4.06. The van der Waals surface area contributed by atoms with Gasteiger partial charge in [-0.15, -0.1) is 0 Å². The van der Waals surface area contributed by atoms with Crippen LogP contribution in [0.4, 0.5) is 4.79 Å². The molecule has 1 aliphatic heterocycles. The number of aromatic nitrogens is 2. The molecular formula is C19H25N3O5S. The topological polar surface area (TPSA) is 94.8 Å². The lowest BCUT2D eigenvalue weighted by atomic mass is 10.1. The van der Waals surface area contributed by atoms with Crippen LogP contribution >= 0.6 is 0 Å². The molecule has 0 saturated carbocycles. The van der Waals surface area contributed by atoms with E-state index >= 15 is 0 Å². The minimum Gasteiger partial charge on any atom is -0.444 e. The van der Waals surface area contributed by atoms with Crippen LogP contribution in [0.3, 0.4) is 0 Å². The fourth-order valence-electron chi connectivity index (χ4n) is 2.62. The molecule has 0 spiro atoms. The minimum absolute atomic E-state index is 0.00822. The molecule has 1 aromatic carbocycles. The van der Waals surface area contributed by atoms with Gasteiger partial charge in [0.15, 0.2) is 0 Å². The standard InChI is InChI=1S/C19H25N3O5S/c1-19(2,3)26-18(23)22-11-14(12-22)25-9-8-16-20-17(21-27-16)13-6-5-7-15(10-13)28(4)24/h5-7,10,14H,8-9,11-12H2,1-4H3. The summed E-state index contributed by atoms with van der Waals surface area (Å²) in [5, 5.41) is 3.98. The zero-order valence-electron chi connectivity index (χ0n) is 16.5. The predicted molar refractivity (Wildman–Crippen MR) is 103 cm³/mol. The number of nitrogens with zero attached hydrogens (tertiary/aromatic N) is 3. The van der Waals surface area contributed by atoms with Crippen molar-refractivity contribution in [1.82, 2.24) is 15.0 Å². The summed E-state index contributed by atoms with van der Waals surface area (Å²) in [6.45, 7) is 6.99. The van der Waals surface area contributed by atoms with Crippen LogP contribution in [-0.4, -0.2) is 63.0 Å². The second kappa shape index (κ2) is 8.40. The Balaban J connectivity index is 1.43. The maximum Gasteiger partial charge on any atom is 0.410 e. The molecule has 2 heterocycles. The van der Waals surface area contributed by atoms with E-state index < -0.39 is 16.4 Å². The van der Waals surface area contributed by atoms with Crippen LogP contribution in [-0.2, 0) is 26.7 Å². The molecule has 1 fully saturated rings. The molecule has 0 radical (unpaired) electrons. The summed E-state index contributed by atoms with van der Waals surface area (Å²) in [7, 11) is -1.07. The molecule has 0 bridgehead atoms. The lowest BCUT2D eigenvalue weighted by Gasteiger charge is -2.39. The van der Waals surface area contributed by atoms with E-state index in [0.717, 1.165) is 5.56 Å². The highest BCUT2D eigenvalue weighted by molar-refractivity contribution is 7.84. The van der Waals surface area contributed by atoms with Gasteiger partial charge in [0.05, 0.1) is 32.2 Å². The van der Waals surface area contributed by atoms with Crippen molar-refractivity contribution in [1.29, 1.82) is 0 Å². The molecule has 3 rings (SSSR count). The quantitative estimate of drug-likeness (QED) is 0.726. The van der Waals surface area contributed by atoms with E-state index in [1.54, 1.807) is 23.3 Å². The summed E-state index contributed by atoms with van der Waals surface area (Å²) in [4.78, 5) is 18.6. The van der Waals surface area contributed by atoms with Crippen molar-refractivity contribution in [3.8, 4) is 11.4 Å². The average Bonchev–Trinajstić information content (AvgIpc) is 3.04. The zero-order valence-corrected chi connectivity index (χ0v) is 17.3. The second-order valence-electron chi connectivity index (χ2n) is 7.62. The molecule has 2 aromatic rings. The van der Waals surface area contributed by atoms with Crippen molar-refractivity contribution in [2.24, 2.45) is 0 Å². The first kappa shape index (κ1) is 20.5. The van der Waals surface area contributed by atoms with Crippen LogP contribution in [0.2, 0.25) is 0 Å². The largest absolute Gasteiger partial charge is 0.444 e. The Morgan fingerprint density at radius 3 is 2.79 bits per heavy atom. The Hall–Kier alpha value is -2.26. The molecule has 1 aromatic heterocycles. The van der Waals surface area contributed by atoms with Crippen molar-refractivity contribution >= 4 is 16.9 Å². The Labute approximate surface area is 166 Å². The Morgan fingerprint density at radius 2 is 2.11 bits per heavy atom. The highest BCUT2D eigenvalue weighted by atomic mass is 32.2. The van der Waals surface area contributed by atoms with Gasteiger partial charge in [-0.1, -0.05) is 17.3 Å². The van der Waals surface area contributed by atoms with E-state index in [4.69, 9.17) is 14.0 Å². The van der Waals surface area contributed by atoms with Gasteiger partial charge in [-0.05, 0) is 32.9 Å². The Bertz CT molecular complexity index is 855. The maximum absolute atomic E-state index is 11.9. The van der Waals surface area contributed by atoms with Crippen LogP contribution < -0.4 is 0 Å². The summed E-state index contributed by atoms with van der Waals surface area (Å²) in [5.74, 6) is 0.934. The van der Waals surface area contributed by atoms with Crippen LogP contribution in [0.5, 0.6) is 0 Å². The normalized spacial score (nSPS) is 15.9. The number of ether oxygens (including phenoxy) is 2. The molecule has 1 unspecified atom stereocenters. The SMILES string of the molecule is CS(=O)c1cccc(-c2noc(CCOC3CN(C(=O)OC(C)(C)C)C3)n2)c1. The molecule has 28 heavy (non-hydrogen) atoms. The highest BCUT2D eigenvalue weighted by Gasteiger charge is 2.34. The van der Waals surface area contributed by atoms with E-state index in [1.165, 1.54) is 0 Å². The van der Waals surface area contributed by atoms with Gasteiger partial charge < -0.3 is 18.9 Å². The second-order valence-corrected chi connectivity index (χ2v) is 9.00. The number of likely N-dealkylation sites (tertiary alicyclic amines) is 1. The Morgan fingerprint density at radius 1 is 1.36 bits per heavy atom. The van der Waals surface area contributed by atoms with Crippen molar-refractivity contribution in [3.05, 3.63) is 30.2 Å². The molecular weight excluding hydrogens is 382 g/mol. The van der Waals surface area contributed by atoms with Gasteiger partial charge >= 0.3 is 6.09 Å². The maximum atomic E-state index is 11.9. The highest BCUT2D eigenvalue weighted by Crippen LogP contribution is 2.20. The summed E-state index contributed by atoms with van der Waals surface area (Å²) in [5.41, 5.74) is 0.264. The van der Waals surface area contributed by atoms with Crippen molar-refractivity contribution in [3.63, 3.8) is 0 Å². The first-order chi connectivity index (χ1) is 13.2. The summed E-state index contributed by atoms with van der Waals surface area (Å²) < 4.78 is 27.9. The molecule has 0 N–H and O–H groups in total. The van der Waals surface area contributed by atoms with Crippen molar-refractivity contribution in [2.75, 3.05) is 26.0 Å². The average molecular weight is 407 g/mol. The molecule has 1 aliphatic rings. The number of carbonyl (C=O) groups is 1. The lowest BCUT2D eigenvalue weighted by Crippen LogP contribution is -2.56. The Kier molecular flexibility index (Phi) is 6.14. The molecule has 1 amide bonds. The molecule has 8 nitrogen and oxygen atoms in total. The molecule has 1 saturated heterocycles. The fourth-order valence-corrected chi connectivity index (χ4v) is 3.18. The number of amides is 1. The number of benzene rings is 1. The molecule has 9 heteroatoms. The third-order valence-corrected chi connectivity index (χ3v) is 4.98. The van der Waals surface area contributed by atoms with E-state index in [2.05, 4.69) is 10.1 Å². The zero-order chi connectivity index (χ0) is 20.3. The summed E-state index contributed by atoms with van der Waals surface area (Å²) >= 11 is 0. The van der Waals surface area contributed by atoms with Crippen molar-refractivity contribution < 1.29 is 23.0 Å². The number of carbonyl (C=O) groups excluding carboxylic acids is 1. The molecule has 152 valence electrons. The van der Waals surface area contributed by atoms with Gasteiger partial charge in [-0.3, -0.25) is 4.21 Å². The van der Waals surface area contributed by atoms with Gasteiger partial charge in [0, 0.05) is 27.5 Å². The number of rotatable bonds is 6. The van der Waals surface area contributed by atoms with Gasteiger partial charge in [0.25, 0.3) is 0 Å². The predicted octanol–water partition coefficient (Wildman–Crippen LogP) is 2.65. The van der Waals surface area contributed by atoms with E-state index in [1.807, 2.05) is 32.9 Å². The molecule has 0 aliphatic carbocycles. The van der Waals surface area contributed by atoms with Crippen LogP contribution in [0.15, 0.2) is 33.7 Å². The number of hydrogen-bond acceptors (Lipinski definition) is 7. The number of hydrogen-bond donors (Lipinski definition) is 0. The third kappa shape index (κ3) is 5.39. The first-order valence-corrected chi connectivity index (χ1v) is 10.6. The van der Waals surface area contributed by atoms with E-state index in [9.17, 15) is 9.00 Å². The fraction of sp³-hybridized carbons (Fsp3) is 0.526. The minimum atomic E-state index is -1.07. The van der Waals surface area contributed by atoms with Gasteiger partial charge in [0.2, 0.25) is 11.7 Å². The van der Waals surface area contributed by atoms with E-state index in [0.29, 0.717) is 42.7 Å². The monoisotopic (exact) mass is 407 g/mol. The first-order valence-electron chi connectivity index (χ1n) is 9.07. The summed E-state index contributed by atoms with van der Waals surface area (Å²) in [6.07, 6.45) is 1.79. The van der Waals surface area contributed by atoms with Crippen LogP contribution in [0, 0.1) is 0 Å². The smallest absolute Gasteiger partial charge is 0.410 e. The van der Waals surface area contributed by atoms with Gasteiger partial charge in [0.1, 0.15) is 5.60 Å².